The van der Waals surface area contributed by atoms with Crippen LogP contribution in [0.25, 0.3) is 0 Å². The lowest BCUT2D eigenvalue weighted by Gasteiger charge is -2.30. The van der Waals surface area contributed by atoms with E-state index in [9.17, 15) is 9.18 Å². The summed E-state index contributed by atoms with van der Waals surface area (Å²) in [6.45, 7) is 4.33. The number of allylic oxidation sites excluding steroid dienone is 1. The lowest BCUT2D eigenvalue weighted by Crippen LogP contribution is -2.32. The van der Waals surface area contributed by atoms with E-state index in [0.717, 1.165) is 43.2 Å². The van der Waals surface area contributed by atoms with Crippen LogP contribution in [-0.2, 0) is 21.9 Å². The van der Waals surface area contributed by atoms with Crippen molar-refractivity contribution in [1.29, 1.82) is 0 Å². The van der Waals surface area contributed by atoms with Gasteiger partial charge in [-0.1, -0.05) is 71.7 Å². The van der Waals surface area contributed by atoms with Crippen LogP contribution < -0.4 is 14.8 Å². The van der Waals surface area contributed by atoms with Gasteiger partial charge in [-0.3, -0.25) is 0 Å². The van der Waals surface area contributed by atoms with Crippen LogP contribution in [0.2, 0.25) is 10.0 Å². The largest absolute Gasteiger partial charge is 0.490 e. The molecule has 47 heavy (non-hydrogen) atoms. The van der Waals surface area contributed by atoms with Gasteiger partial charge in [-0.2, -0.15) is 4.98 Å². The molecule has 1 N–H and O–H groups in total. The number of esters is 1. The monoisotopic (exact) mass is 696 g/mol. The molecule has 6 rings (SSSR count). The Morgan fingerprint density at radius 1 is 1.02 bits per heavy atom. The minimum Gasteiger partial charge on any atom is -0.490 e. The van der Waals surface area contributed by atoms with Crippen molar-refractivity contribution in [3.05, 3.63) is 104 Å². The van der Waals surface area contributed by atoms with E-state index in [1.807, 2.05) is 38.1 Å². The molecule has 1 aliphatic heterocycles. The molecule has 1 aliphatic carbocycles. The van der Waals surface area contributed by atoms with Crippen LogP contribution in [0.3, 0.4) is 0 Å². The Hall–Kier alpha value is -3.73. The van der Waals surface area contributed by atoms with Crippen molar-refractivity contribution in [3.8, 4) is 11.5 Å². The Bertz CT molecular complexity index is 1790. The van der Waals surface area contributed by atoms with E-state index in [2.05, 4.69) is 5.32 Å². The molecule has 0 radical (unpaired) electrons. The molecule has 0 amide bonds. The van der Waals surface area contributed by atoms with Gasteiger partial charge in [-0.25, -0.2) is 13.9 Å². The lowest BCUT2D eigenvalue weighted by atomic mass is 9.94. The average Bonchev–Trinajstić information content (AvgIpc) is 3.46. The summed E-state index contributed by atoms with van der Waals surface area (Å²) >= 11 is 13.8. The normalized spacial score (nSPS) is 16.4. The molecule has 246 valence electrons. The van der Waals surface area contributed by atoms with Crippen molar-refractivity contribution in [2.75, 3.05) is 11.9 Å². The van der Waals surface area contributed by atoms with Crippen LogP contribution in [0.15, 0.2) is 77.1 Å². The molecular weight excluding hydrogens is 662 g/mol. The van der Waals surface area contributed by atoms with Gasteiger partial charge in [-0.05, 0) is 81.0 Å². The zero-order valence-corrected chi connectivity index (χ0v) is 28.4. The number of anilines is 1. The molecule has 0 spiro atoms. The van der Waals surface area contributed by atoms with E-state index in [4.69, 9.17) is 47.5 Å². The topological polar surface area (TPSA) is 87.5 Å². The van der Waals surface area contributed by atoms with Crippen molar-refractivity contribution in [3.63, 3.8) is 0 Å². The number of ether oxygens (including phenoxy) is 3. The van der Waals surface area contributed by atoms with Crippen molar-refractivity contribution < 1.29 is 23.4 Å². The summed E-state index contributed by atoms with van der Waals surface area (Å²) < 4.78 is 34.3. The fourth-order valence-electron chi connectivity index (χ4n) is 5.80. The van der Waals surface area contributed by atoms with Gasteiger partial charge in [0.1, 0.15) is 24.6 Å². The quantitative estimate of drug-likeness (QED) is 0.123. The summed E-state index contributed by atoms with van der Waals surface area (Å²) in [5, 5.41) is 9.56. The summed E-state index contributed by atoms with van der Waals surface area (Å²) in [5.41, 5.74) is 3.12. The molecule has 12 heteroatoms. The first kappa shape index (κ1) is 33.2. The maximum Gasteiger partial charge on any atom is 0.338 e. The van der Waals surface area contributed by atoms with Crippen LogP contribution >= 0.6 is 35.0 Å². The summed E-state index contributed by atoms with van der Waals surface area (Å²) in [6, 6.07) is 16.8. The molecule has 4 aromatic rings. The molecular formula is C35H35Cl2FN4O4S. The summed E-state index contributed by atoms with van der Waals surface area (Å²) in [6.07, 6.45) is 4.78. The fourth-order valence-corrected chi connectivity index (χ4v) is 7.08. The van der Waals surface area contributed by atoms with Crippen molar-refractivity contribution in [1.82, 2.24) is 14.8 Å². The van der Waals surface area contributed by atoms with E-state index in [-0.39, 0.29) is 18.5 Å². The van der Waals surface area contributed by atoms with Gasteiger partial charge < -0.3 is 19.5 Å². The first-order valence-corrected chi connectivity index (χ1v) is 17.4. The van der Waals surface area contributed by atoms with Gasteiger partial charge in [0.25, 0.3) is 0 Å². The molecule has 8 nitrogen and oxygen atoms in total. The van der Waals surface area contributed by atoms with Gasteiger partial charge in [0.15, 0.2) is 11.5 Å². The highest BCUT2D eigenvalue weighted by Gasteiger charge is 2.37. The predicted octanol–water partition coefficient (Wildman–Crippen LogP) is 9.16. The Kier molecular flexibility index (Phi) is 10.6. The second-order valence-electron chi connectivity index (χ2n) is 11.4. The third-order valence-electron chi connectivity index (χ3n) is 8.18. The van der Waals surface area contributed by atoms with Gasteiger partial charge in [0, 0.05) is 27.1 Å². The number of nitrogens with one attached hydrogen (secondary N) is 1. The first-order chi connectivity index (χ1) is 22.8. The molecule has 1 aromatic heterocycles. The number of benzene rings is 3. The molecule has 1 saturated carbocycles. The fraction of sp³-hybridized carbons (Fsp3) is 0.343. The Balaban J connectivity index is 1.33. The number of fused-ring (bicyclic) bond motifs is 1. The number of hydrogen-bond donors (Lipinski definition) is 1. The van der Waals surface area contributed by atoms with Gasteiger partial charge in [0.05, 0.1) is 12.2 Å². The summed E-state index contributed by atoms with van der Waals surface area (Å²) in [5.74, 6) is 1.15. The maximum atomic E-state index is 14.3. The van der Waals surface area contributed by atoms with Crippen LogP contribution in [0, 0.1) is 5.82 Å². The highest BCUT2D eigenvalue weighted by molar-refractivity contribution is 7.98. The number of hydrogen-bond acceptors (Lipinski definition) is 8. The first-order valence-electron chi connectivity index (χ1n) is 15.7. The van der Waals surface area contributed by atoms with Crippen LogP contribution in [0.1, 0.15) is 68.7 Å². The minimum absolute atomic E-state index is 0.129. The number of halogens is 3. The van der Waals surface area contributed by atoms with Crippen LogP contribution in [0.4, 0.5) is 10.3 Å². The number of aromatic nitrogens is 3. The smallest absolute Gasteiger partial charge is 0.338 e. The molecule has 2 heterocycles. The standard InChI is InChI=1S/C35H35Cl2FN4O4S/c1-3-44-30-17-22(14-16-29(30)45-19-23-13-15-25(36)18-27(23)37)32-31(33(43)46-26-10-5-4-6-11-26)21(2)39-34-40-35(41-42(32)34)47-20-24-9-7-8-12-28(24)38/h7-9,12-18,26,32H,3-6,10-11,19-20H2,1-2H3,(H,39,40,41). The Labute approximate surface area is 287 Å². The molecule has 1 unspecified atom stereocenters. The lowest BCUT2D eigenvalue weighted by molar-refractivity contribution is -0.146. The number of carbonyl (C=O) groups is 1. The third kappa shape index (κ3) is 7.71. The van der Waals surface area contributed by atoms with Gasteiger partial charge in [0.2, 0.25) is 11.1 Å². The zero-order chi connectivity index (χ0) is 32.9. The van der Waals surface area contributed by atoms with Crippen LogP contribution in [-0.4, -0.2) is 33.4 Å². The summed E-state index contributed by atoms with van der Waals surface area (Å²) in [4.78, 5) is 18.6. The van der Waals surface area contributed by atoms with Crippen molar-refractivity contribution in [2.45, 2.75) is 75.6 Å². The zero-order valence-electron chi connectivity index (χ0n) is 26.1. The van der Waals surface area contributed by atoms with E-state index in [1.54, 1.807) is 35.0 Å². The molecule has 0 saturated heterocycles. The minimum atomic E-state index is -0.670. The molecule has 1 fully saturated rings. The second kappa shape index (κ2) is 15.0. The SMILES string of the molecule is CCOc1cc(C2C(C(=O)OC3CCCCC3)=C(C)Nc3nc(SCc4ccccc4F)nn32)ccc1OCc1ccc(Cl)cc1Cl. The van der Waals surface area contributed by atoms with E-state index in [0.29, 0.717) is 61.8 Å². The van der Waals surface area contributed by atoms with E-state index < -0.39 is 12.0 Å². The third-order valence-corrected chi connectivity index (χ3v) is 9.65. The molecule has 3 aromatic carbocycles. The van der Waals surface area contributed by atoms with Gasteiger partial charge in [-0.15, -0.1) is 5.10 Å². The van der Waals surface area contributed by atoms with Crippen molar-refractivity contribution in [2.24, 2.45) is 0 Å². The number of carbonyl (C=O) groups excluding carboxylic acids is 1. The predicted molar refractivity (Wildman–Crippen MR) is 182 cm³/mol. The highest BCUT2D eigenvalue weighted by atomic mass is 35.5. The molecule has 2 aliphatic rings. The summed E-state index contributed by atoms with van der Waals surface area (Å²) in [7, 11) is 0. The Morgan fingerprint density at radius 3 is 2.60 bits per heavy atom. The number of thioether (sulfide) groups is 1. The van der Waals surface area contributed by atoms with Gasteiger partial charge >= 0.3 is 5.97 Å². The highest BCUT2D eigenvalue weighted by Crippen LogP contribution is 2.41. The molecule has 0 bridgehead atoms. The van der Waals surface area contributed by atoms with E-state index in [1.165, 1.54) is 17.8 Å². The number of rotatable bonds is 11. The van der Waals surface area contributed by atoms with E-state index >= 15 is 0 Å². The number of nitrogens with zero attached hydrogens (tertiary/aromatic N) is 3. The van der Waals surface area contributed by atoms with Crippen molar-refractivity contribution >= 4 is 46.9 Å². The molecule has 1 atom stereocenters. The Morgan fingerprint density at radius 2 is 1.83 bits per heavy atom. The maximum absolute atomic E-state index is 14.3. The average molecular weight is 698 g/mol. The second-order valence-corrected chi connectivity index (χ2v) is 13.2. The van der Waals surface area contributed by atoms with Crippen LogP contribution in [0.5, 0.6) is 11.5 Å².